The van der Waals surface area contributed by atoms with Gasteiger partial charge in [0.05, 0.1) is 6.61 Å². The normalized spacial score (nSPS) is 18.3. The van der Waals surface area contributed by atoms with Gasteiger partial charge in [-0.2, -0.15) is 18.2 Å². The van der Waals surface area contributed by atoms with Crippen LogP contribution in [0.15, 0.2) is 36.4 Å². The molecule has 2 aromatic carbocycles. The Bertz CT molecular complexity index is 864. The molecule has 3 rings (SSSR count). The van der Waals surface area contributed by atoms with Gasteiger partial charge in [-0.15, -0.1) is 0 Å². The Hall–Kier alpha value is -2.28. The number of halogens is 3. The zero-order valence-electron chi connectivity index (χ0n) is 16.3. The molecule has 1 heterocycles. The molecule has 0 spiro atoms. The molecule has 1 aliphatic rings. The summed E-state index contributed by atoms with van der Waals surface area (Å²) in [7, 11) is 0. The summed E-state index contributed by atoms with van der Waals surface area (Å²) in [5, 5.41) is 2.52. The van der Waals surface area contributed by atoms with Gasteiger partial charge in [-0.3, -0.25) is 10.2 Å². The Morgan fingerprint density at radius 1 is 1.21 bits per heavy atom. The van der Waals surface area contributed by atoms with Gasteiger partial charge in [0.2, 0.25) is 5.91 Å². The van der Waals surface area contributed by atoms with E-state index in [-0.39, 0.29) is 17.7 Å². The molecule has 2 aromatic rings. The lowest BCUT2D eigenvalue weighted by molar-refractivity contribution is -0.204. The number of hydrogen-bond donors (Lipinski definition) is 1. The number of amides is 1. The van der Waals surface area contributed by atoms with Gasteiger partial charge in [-0.05, 0) is 43.2 Å². The van der Waals surface area contributed by atoms with Crippen LogP contribution in [0, 0.1) is 0 Å². The van der Waals surface area contributed by atoms with E-state index in [9.17, 15) is 18.0 Å². The van der Waals surface area contributed by atoms with E-state index in [0.29, 0.717) is 12.0 Å². The number of fused-ring (bicyclic) bond motifs is 1. The predicted molar refractivity (Wildman–Crippen MR) is 102 cm³/mol. The van der Waals surface area contributed by atoms with Crippen LogP contribution in [0.1, 0.15) is 51.6 Å². The van der Waals surface area contributed by atoms with Gasteiger partial charge in [0.25, 0.3) is 0 Å². The molecule has 1 saturated heterocycles. The molecule has 4 nitrogen and oxygen atoms in total. The standard InChI is InChI=1S/C21H25F3N2O2/c1-4-5-10-28-17-12-15-9-7-6-8-14(15)11-16(17)19(21(22,23)24)26-20(2,3)13-18(27)25-26/h6-9,11-12,19H,4-5,10,13H2,1-3H3,(H,25,27)/t19-/m0/s1. The van der Waals surface area contributed by atoms with Crippen LogP contribution in [0.25, 0.3) is 10.8 Å². The number of benzene rings is 2. The maximum absolute atomic E-state index is 14.2. The van der Waals surface area contributed by atoms with Crippen molar-refractivity contribution in [2.45, 2.75) is 57.8 Å². The van der Waals surface area contributed by atoms with Gasteiger partial charge in [0.15, 0.2) is 6.04 Å². The Labute approximate surface area is 162 Å². The highest BCUT2D eigenvalue weighted by atomic mass is 19.4. The Balaban J connectivity index is 2.15. The Kier molecular flexibility index (Phi) is 5.57. The molecule has 152 valence electrons. The lowest BCUT2D eigenvalue weighted by Crippen LogP contribution is -2.51. The van der Waals surface area contributed by atoms with Gasteiger partial charge in [-0.25, -0.2) is 0 Å². The van der Waals surface area contributed by atoms with Crippen LogP contribution in [0.3, 0.4) is 0 Å². The molecular weight excluding hydrogens is 369 g/mol. The first kappa shape index (κ1) is 20.5. The van der Waals surface area contributed by atoms with Crippen molar-refractivity contribution < 1.29 is 22.7 Å². The second kappa shape index (κ2) is 7.62. The molecule has 0 aliphatic carbocycles. The summed E-state index contributed by atoms with van der Waals surface area (Å²) >= 11 is 0. The monoisotopic (exact) mass is 394 g/mol. The van der Waals surface area contributed by atoms with Crippen molar-refractivity contribution in [2.75, 3.05) is 6.61 Å². The summed E-state index contributed by atoms with van der Waals surface area (Å²) in [6.07, 6.45) is -2.98. The van der Waals surface area contributed by atoms with Gasteiger partial charge < -0.3 is 4.74 Å². The number of hydrazine groups is 1. The van der Waals surface area contributed by atoms with Crippen LogP contribution in [0.2, 0.25) is 0 Å². The van der Waals surface area contributed by atoms with E-state index in [1.807, 2.05) is 19.1 Å². The molecular formula is C21H25F3N2O2. The maximum Gasteiger partial charge on any atom is 0.410 e. The zero-order valence-corrected chi connectivity index (χ0v) is 16.3. The number of unbranched alkanes of at least 4 members (excludes halogenated alkanes) is 1. The first-order chi connectivity index (χ1) is 13.1. The van der Waals surface area contributed by atoms with Crippen molar-refractivity contribution in [1.29, 1.82) is 0 Å². The van der Waals surface area contributed by atoms with Crippen molar-refractivity contribution in [3.8, 4) is 5.75 Å². The fourth-order valence-corrected chi connectivity index (χ4v) is 3.58. The number of hydrogen-bond acceptors (Lipinski definition) is 3. The molecule has 0 saturated carbocycles. The second-order valence-corrected chi connectivity index (χ2v) is 7.78. The molecule has 0 aromatic heterocycles. The Morgan fingerprint density at radius 2 is 1.86 bits per heavy atom. The van der Waals surface area contributed by atoms with Crippen LogP contribution in [0.5, 0.6) is 5.75 Å². The first-order valence-electron chi connectivity index (χ1n) is 9.44. The highest BCUT2D eigenvalue weighted by molar-refractivity contribution is 5.85. The van der Waals surface area contributed by atoms with E-state index >= 15 is 0 Å². The molecule has 1 aliphatic heterocycles. The summed E-state index contributed by atoms with van der Waals surface area (Å²) in [6, 6.07) is 8.41. The number of nitrogens with zero attached hydrogens (tertiary/aromatic N) is 1. The molecule has 7 heteroatoms. The minimum atomic E-state index is -4.60. The summed E-state index contributed by atoms with van der Waals surface area (Å²) in [5.41, 5.74) is 1.44. The number of carbonyl (C=O) groups excluding carboxylic acids is 1. The van der Waals surface area contributed by atoms with E-state index in [4.69, 9.17) is 4.74 Å². The molecule has 1 N–H and O–H groups in total. The Morgan fingerprint density at radius 3 is 2.39 bits per heavy atom. The number of rotatable bonds is 6. The van der Waals surface area contributed by atoms with Gasteiger partial charge in [0.1, 0.15) is 5.75 Å². The van der Waals surface area contributed by atoms with Crippen LogP contribution in [0.4, 0.5) is 13.2 Å². The lowest BCUT2D eigenvalue weighted by atomic mass is 9.95. The topological polar surface area (TPSA) is 41.6 Å². The molecule has 0 unspecified atom stereocenters. The van der Waals surface area contributed by atoms with E-state index in [2.05, 4.69) is 5.43 Å². The van der Waals surface area contributed by atoms with Crippen molar-refractivity contribution in [1.82, 2.24) is 10.4 Å². The van der Waals surface area contributed by atoms with Crippen LogP contribution >= 0.6 is 0 Å². The number of alkyl halides is 3. The largest absolute Gasteiger partial charge is 0.493 e. The third-order valence-electron chi connectivity index (χ3n) is 4.99. The number of ether oxygens (including phenoxy) is 1. The third kappa shape index (κ3) is 4.09. The first-order valence-corrected chi connectivity index (χ1v) is 9.44. The highest BCUT2D eigenvalue weighted by Crippen LogP contribution is 2.46. The molecule has 0 bridgehead atoms. The van der Waals surface area contributed by atoms with Crippen molar-refractivity contribution in [2.24, 2.45) is 0 Å². The molecule has 1 fully saturated rings. The summed E-state index contributed by atoms with van der Waals surface area (Å²) < 4.78 is 48.5. The zero-order chi connectivity index (χ0) is 20.5. The van der Waals surface area contributed by atoms with Crippen LogP contribution in [-0.2, 0) is 4.79 Å². The fraction of sp³-hybridized carbons (Fsp3) is 0.476. The molecule has 1 amide bonds. The molecule has 28 heavy (non-hydrogen) atoms. The van der Waals surface area contributed by atoms with Crippen LogP contribution in [-0.4, -0.2) is 29.2 Å². The summed E-state index contributed by atoms with van der Waals surface area (Å²) in [5.74, 6) is -0.222. The lowest BCUT2D eigenvalue weighted by Gasteiger charge is -2.38. The average molecular weight is 394 g/mol. The third-order valence-corrected chi connectivity index (χ3v) is 4.99. The summed E-state index contributed by atoms with van der Waals surface area (Å²) in [6.45, 7) is 5.58. The SMILES string of the molecule is CCCCOc1cc2ccccc2cc1[C@H](N1NC(=O)CC1(C)C)C(F)(F)F. The number of carbonyl (C=O) groups is 1. The highest BCUT2D eigenvalue weighted by Gasteiger charge is 2.53. The van der Waals surface area contributed by atoms with E-state index in [1.54, 1.807) is 32.0 Å². The van der Waals surface area contributed by atoms with Crippen molar-refractivity contribution in [3.63, 3.8) is 0 Å². The van der Waals surface area contributed by atoms with Crippen molar-refractivity contribution in [3.05, 3.63) is 42.0 Å². The minimum Gasteiger partial charge on any atom is -0.493 e. The smallest absolute Gasteiger partial charge is 0.410 e. The van der Waals surface area contributed by atoms with Gasteiger partial charge >= 0.3 is 6.18 Å². The van der Waals surface area contributed by atoms with Gasteiger partial charge in [0, 0.05) is 17.5 Å². The second-order valence-electron chi connectivity index (χ2n) is 7.78. The van der Waals surface area contributed by atoms with Gasteiger partial charge in [-0.1, -0.05) is 37.6 Å². The molecule has 1 atom stereocenters. The van der Waals surface area contributed by atoms with E-state index < -0.39 is 23.7 Å². The van der Waals surface area contributed by atoms with E-state index in [1.165, 1.54) is 6.07 Å². The fourth-order valence-electron chi connectivity index (χ4n) is 3.58. The number of nitrogens with one attached hydrogen (secondary N) is 1. The molecule has 0 radical (unpaired) electrons. The van der Waals surface area contributed by atoms with Crippen molar-refractivity contribution >= 4 is 16.7 Å². The van der Waals surface area contributed by atoms with Crippen LogP contribution < -0.4 is 10.2 Å². The predicted octanol–water partition coefficient (Wildman–Crippen LogP) is 5.14. The maximum atomic E-state index is 14.2. The minimum absolute atomic E-state index is 0.000807. The average Bonchev–Trinajstić information content (AvgIpc) is 2.86. The quantitative estimate of drug-likeness (QED) is 0.690. The van der Waals surface area contributed by atoms with E-state index in [0.717, 1.165) is 23.2 Å². The summed E-state index contributed by atoms with van der Waals surface area (Å²) in [4.78, 5) is 11.9.